The molecule has 1 fully saturated rings. The van der Waals surface area contributed by atoms with Gasteiger partial charge in [-0.05, 0) is 24.1 Å². The zero-order valence-electron chi connectivity index (χ0n) is 10.6. The first kappa shape index (κ1) is 11.5. The minimum atomic E-state index is 0.850. The Labute approximate surface area is 98.4 Å². The Balaban J connectivity index is 1.94. The second-order valence-electron chi connectivity index (χ2n) is 5.55. The fourth-order valence-corrected chi connectivity index (χ4v) is 2.68. The Morgan fingerprint density at radius 3 is 2.44 bits per heavy atom. The Morgan fingerprint density at radius 1 is 1.25 bits per heavy atom. The molecule has 1 aromatic rings. The Hall–Kier alpha value is -1.02. The third-order valence-corrected chi connectivity index (χ3v) is 3.58. The van der Waals surface area contributed by atoms with E-state index in [2.05, 4.69) is 38.4 Å². The summed E-state index contributed by atoms with van der Waals surface area (Å²) in [5.41, 5.74) is 1.44. The van der Waals surface area contributed by atoms with Gasteiger partial charge in [-0.25, -0.2) is 0 Å². The molecule has 0 aromatic heterocycles. The second kappa shape index (κ2) is 4.46. The van der Waals surface area contributed by atoms with Crippen LogP contribution < -0.4 is 4.74 Å². The molecule has 2 rings (SSSR count). The van der Waals surface area contributed by atoms with Crippen LogP contribution in [0.1, 0.15) is 12.0 Å². The van der Waals surface area contributed by atoms with Gasteiger partial charge in [-0.3, -0.25) is 0 Å². The van der Waals surface area contributed by atoms with Crippen LogP contribution in [0.5, 0.6) is 5.75 Å². The molecule has 1 aliphatic rings. The van der Waals surface area contributed by atoms with Crippen molar-refractivity contribution in [3.8, 4) is 5.75 Å². The molecule has 0 spiro atoms. The number of rotatable bonds is 3. The van der Waals surface area contributed by atoms with E-state index in [0.29, 0.717) is 0 Å². The van der Waals surface area contributed by atoms with Gasteiger partial charge in [-0.15, -0.1) is 0 Å². The van der Waals surface area contributed by atoms with Gasteiger partial charge in [-0.1, -0.05) is 12.1 Å². The molecule has 1 aliphatic heterocycles. The molecule has 0 radical (unpaired) electrons. The van der Waals surface area contributed by atoms with Crippen LogP contribution in [0.2, 0.25) is 0 Å². The number of nitrogens with zero attached hydrogens (tertiary/aromatic N) is 1. The predicted octanol–water partition coefficient (Wildman–Crippen LogP) is 2.33. The van der Waals surface area contributed by atoms with Crippen LogP contribution in [0.4, 0.5) is 0 Å². The summed E-state index contributed by atoms with van der Waals surface area (Å²) >= 11 is 0. The van der Waals surface area contributed by atoms with Gasteiger partial charge in [0, 0.05) is 12.3 Å². The molecule has 1 atom stereocenters. The summed E-state index contributed by atoms with van der Waals surface area (Å²) in [6.07, 6.45) is 2.57. The van der Waals surface area contributed by atoms with Crippen molar-refractivity contribution in [2.45, 2.75) is 12.8 Å². The summed E-state index contributed by atoms with van der Waals surface area (Å²) in [6.45, 7) is 2.63. The topological polar surface area (TPSA) is 9.23 Å². The zero-order chi connectivity index (χ0) is 11.6. The maximum absolute atomic E-state index is 5.17. The van der Waals surface area contributed by atoms with Crippen LogP contribution >= 0.6 is 0 Å². The smallest absolute Gasteiger partial charge is 0.118 e. The van der Waals surface area contributed by atoms with Gasteiger partial charge in [0.05, 0.1) is 34.3 Å². The number of hydrogen-bond acceptors (Lipinski definition) is 1. The molecular weight excluding hydrogens is 198 g/mol. The summed E-state index contributed by atoms with van der Waals surface area (Å²) in [5.74, 6) is 1.80. The maximum Gasteiger partial charge on any atom is 0.118 e. The number of methoxy groups -OCH3 is 1. The Kier molecular flexibility index (Phi) is 3.20. The van der Waals surface area contributed by atoms with Crippen LogP contribution in [0.3, 0.4) is 0 Å². The van der Waals surface area contributed by atoms with E-state index >= 15 is 0 Å². The van der Waals surface area contributed by atoms with Gasteiger partial charge >= 0.3 is 0 Å². The highest BCUT2D eigenvalue weighted by molar-refractivity contribution is 5.27. The second-order valence-corrected chi connectivity index (χ2v) is 5.55. The van der Waals surface area contributed by atoms with E-state index in [0.717, 1.165) is 11.7 Å². The van der Waals surface area contributed by atoms with Gasteiger partial charge in [0.1, 0.15) is 5.75 Å². The molecule has 2 nitrogen and oxygen atoms in total. The molecule has 0 N–H and O–H groups in total. The monoisotopic (exact) mass is 220 g/mol. The van der Waals surface area contributed by atoms with Crippen LogP contribution in [-0.4, -0.2) is 38.8 Å². The van der Waals surface area contributed by atoms with E-state index < -0.39 is 0 Å². The summed E-state index contributed by atoms with van der Waals surface area (Å²) < 4.78 is 6.35. The van der Waals surface area contributed by atoms with E-state index in [1.165, 1.54) is 36.0 Å². The molecule has 0 amide bonds. The standard InChI is InChI=1S/C14H22NO/c1-15(2)9-8-13(11-15)10-12-4-6-14(16-3)7-5-12/h4-7,13H,8-11H2,1-3H3/q+1/t13-/m1/s1. The first-order chi connectivity index (χ1) is 7.59. The normalized spacial score (nSPS) is 23.3. The summed E-state index contributed by atoms with van der Waals surface area (Å²) in [7, 11) is 6.37. The minimum absolute atomic E-state index is 0.850. The molecule has 88 valence electrons. The third kappa shape index (κ3) is 2.76. The molecule has 0 saturated carbocycles. The summed E-state index contributed by atoms with van der Waals surface area (Å²) in [6, 6.07) is 8.50. The predicted molar refractivity (Wildman–Crippen MR) is 66.6 cm³/mol. The molecule has 2 heteroatoms. The van der Waals surface area contributed by atoms with Crippen molar-refractivity contribution >= 4 is 0 Å². The fourth-order valence-electron chi connectivity index (χ4n) is 2.68. The molecule has 0 bridgehead atoms. The minimum Gasteiger partial charge on any atom is -0.497 e. The Bertz CT molecular complexity index is 342. The van der Waals surface area contributed by atoms with Crippen molar-refractivity contribution < 1.29 is 9.22 Å². The fraction of sp³-hybridized carbons (Fsp3) is 0.571. The van der Waals surface area contributed by atoms with Crippen molar-refractivity contribution in [3.63, 3.8) is 0 Å². The molecule has 0 aliphatic carbocycles. The number of hydrogen-bond donors (Lipinski definition) is 0. The summed E-state index contributed by atoms with van der Waals surface area (Å²) in [5, 5.41) is 0. The lowest BCUT2D eigenvalue weighted by molar-refractivity contribution is -0.879. The number of benzene rings is 1. The molecule has 1 heterocycles. The number of likely N-dealkylation sites (tertiary alicyclic amines) is 1. The van der Waals surface area contributed by atoms with Crippen LogP contribution in [0, 0.1) is 5.92 Å². The largest absolute Gasteiger partial charge is 0.497 e. The van der Waals surface area contributed by atoms with E-state index in [1.54, 1.807) is 7.11 Å². The average Bonchev–Trinajstić information content (AvgIpc) is 2.59. The van der Waals surface area contributed by atoms with Gasteiger partial charge < -0.3 is 9.22 Å². The first-order valence-electron chi connectivity index (χ1n) is 6.04. The van der Waals surface area contributed by atoms with Crippen molar-refractivity contribution in [1.82, 2.24) is 0 Å². The van der Waals surface area contributed by atoms with Crippen LogP contribution in [0.25, 0.3) is 0 Å². The molecule has 1 saturated heterocycles. The summed E-state index contributed by atoms with van der Waals surface area (Å²) in [4.78, 5) is 0. The highest BCUT2D eigenvalue weighted by atomic mass is 16.5. The third-order valence-electron chi connectivity index (χ3n) is 3.58. The number of quaternary nitrogens is 1. The van der Waals surface area contributed by atoms with Gasteiger partial charge in [0.2, 0.25) is 0 Å². The van der Waals surface area contributed by atoms with Crippen molar-refractivity contribution in [1.29, 1.82) is 0 Å². The first-order valence-corrected chi connectivity index (χ1v) is 6.04. The SMILES string of the molecule is COc1ccc(C[C@H]2CC[N+](C)(C)C2)cc1. The zero-order valence-corrected chi connectivity index (χ0v) is 10.6. The van der Waals surface area contributed by atoms with E-state index in [1.807, 2.05) is 0 Å². The Morgan fingerprint density at radius 2 is 1.94 bits per heavy atom. The van der Waals surface area contributed by atoms with Crippen LogP contribution in [-0.2, 0) is 6.42 Å². The lowest BCUT2D eigenvalue weighted by atomic mass is 9.99. The van der Waals surface area contributed by atoms with Gasteiger partial charge in [-0.2, -0.15) is 0 Å². The van der Waals surface area contributed by atoms with E-state index in [-0.39, 0.29) is 0 Å². The van der Waals surface area contributed by atoms with Crippen molar-refractivity contribution in [2.75, 3.05) is 34.3 Å². The molecule has 16 heavy (non-hydrogen) atoms. The highest BCUT2D eigenvalue weighted by Gasteiger charge is 2.30. The molecular formula is C14H22NO+. The van der Waals surface area contributed by atoms with Crippen molar-refractivity contribution in [3.05, 3.63) is 29.8 Å². The van der Waals surface area contributed by atoms with Gasteiger partial charge in [0.25, 0.3) is 0 Å². The quantitative estimate of drug-likeness (QED) is 0.710. The average molecular weight is 220 g/mol. The maximum atomic E-state index is 5.17. The van der Waals surface area contributed by atoms with Crippen LogP contribution in [0.15, 0.2) is 24.3 Å². The lowest BCUT2D eigenvalue weighted by Gasteiger charge is -2.23. The number of ether oxygens (including phenoxy) is 1. The molecule has 1 aromatic carbocycles. The lowest BCUT2D eigenvalue weighted by Crippen LogP contribution is -2.36. The van der Waals surface area contributed by atoms with E-state index in [4.69, 9.17) is 4.74 Å². The van der Waals surface area contributed by atoms with Crippen molar-refractivity contribution in [2.24, 2.45) is 5.92 Å². The van der Waals surface area contributed by atoms with E-state index in [9.17, 15) is 0 Å². The molecule has 0 unspecified atom stereocenters. The highest BCUT2D eigenvalue weighted by Crippen LogP contribution is 2.24. The van der Waals surface area contributed by atoms with Gasteiger partial charge in [0.15, 0.2) is 0 Å².